The van der Waals surface area contributed by atoms with Crippen LogP contribution in [0.2, 0.25) is 0 Å². The molecule has 2 amide bonds. The number of hydrogen-bond donors (Lipinski definition) is 2. The maximum Gasteiger partial charge on any atom is 0.278 e. The van der Waals surface area contributed by atoms with Gasteiger partial charge in [0.1, 0.15) is 18.1 Å². The normalized spacial score (nSPS) is 10.5. The molecule has 0 radical (unpaired) electrons. The van der Waals surface area contributed by atoms with Crippen molar-refractivity contribution in [2.45, 2.75) is 27.3 Å². The molecule has 1 aromatic heterocycles. The summed E-state index contributed by atoms with van der Waals surface area (Å²) >= 11 is 0. The van der Waals surface area contributed by atoms with Crippen molar-refractivity contribution in [2.24, 2.45) is 0 Å². The first-order valence-electron chi connectivity index (χ1n) is 9.37. The Labute approximate surface area is 173 Å². The van der Waals surface area contributed by atoms with Crippen molar-refractivity contribution in [2.75, 3.05) is 17.2 Å². The van der Waals surface area contributed by atoms with Crippen LogP contribution in [-0.2, 0) is 11.3 Å². The Bertz CT molecular complexity index is 1060. The number of halogens is 1. The fourth-order valence-electron chi connectivity index (χ4n) is 2.77. The number of nitrogens with one attached hydrogen (secondary N) is 2. The summed E-state index contributed by atoms with van der Waals surface area (Å²) in [5.74, 6) is -0.589. The molecule has 0 fully saturated rings. The van der Waals surface area contributed by atoms with Crippen LogP contribution >= 0.6 is 0 Å². The van der Waals surface area contributed by atoms with Crippen LogP contribution in [0.5, 0.6) is 5.75 Å². The second-order valence-corrected chi connectivity index (χ2v) is 6.60. The van der Waals surface area contributed by atoms with E-state index in [-0.39, 0.29) is 18.1 Å². The molecular formula is C21H22FN5O3. The van der Waals surface area contributed by atoms with Gasteiger partial charge in [-0.1, -0.05) is 11.3 Å². The van der Waals surface area contributed by atoms with E-state index in [1.54, 1.807) is 44.2 Å². The highest BCUT2D eigenvalue weighted by atomic mass is 19.1. The van der Waals surface area contributed by atoms with E-state index in [4.69, 9.17) is 4.74 Å². The van der Waals surface area contributed by atoms with Crippen LogP contribution in [0.3, 0.4) is 0 Å². The number of aromatic nitrogens is 3. The summed E-state index contributed by atoms with van der Waals surface area (Å²) in [6.07, 6.45) is 0. The predicted octanol–water partition coefficient (Wildman–Crippen LogP) is 3.32. The summed E-state index contributed by atoms with van der Waals surface area (Å²) in [5, 5.41) is 13.1. The third-order valence-electron chi connectivity index (χ3n) is 4.39. The van der Waals surface area contributed by atoms with Gasteiger partial charge in [-0.2, -0.15) is 0 Å². The van der Waals surface area contributed by atoms with E-state index in [2.05, 4.69) is 20.9 Å². The van der Waals surface area contributed by atoms with Gasteiger partial charge in [0, 0.05) is 11.4 Å². The predicted molar refractivity (Wildman–Crippen MR) is 110 cm³/mol. The molecule has 0 aliphatic carbocycles. The van der Waals surface area contributed by atoms with E-state index in [9.17, 15) is 14.0 Å². The van der Waals surface area contributed by atoms with Crippen LogP contribution in [0.25, 0.3) is 0 Å². The summed E-state index contributed by atoms with van der Waals surface area (Å²) in [4.78, 5) is 24.8. The van der Waals surface area contributed by atoms with Gasteiger partial charge in [-0.3, -0.25) is 9.59 Å². The lowest BCUT2D eigenvalue weighted by Crippen LogP contribution is -2.21. The van der Waals surface area contributed by atoms with Gasteiger partial charge in [0.25, 0.3) is 5.91 Å². The molecule has 1 heterocycles. The summed E-state index contributed by atoms with van der Waals surface area (Å²) in [5.41, 5.74) is 2.16. The first-order valence-corrected chi connectivity index (χ1v) is 9.37. The van der Waals surface area contributed by atoms with Crippen molar-refractivity contribution in [1.29, 1.82) is 0 Å². The highest BCUT2D eigenvalue weighted by molar-refractivity contribution is 6.04. The van der Waals surface area contributed by atoms with E-state index in [1.165, 1.54) is 16.8 Å². The standard InChI is InChI=1S/C21H22FN5O3/c1-4-30-17-9-7-16(8-10-17)23-19(28)12-27-14(3)20(25-26-27)21(29)24-18-11-15(22)6-5-13(18)2/h5-11H,4,12H2,1-3H3,(H,23,28)(H,24,29). The van der Waals surface area contributed by atoms with Crippen molar-refractivity contribution in [3.63, 3.8) is 0 Å². The number of carbonyl (C=O) groups is 2. The molecule has 0 saturated heterocycles. The number of carbonyl (C=O) groups excluding carboxylic acids is 2. The van der Waals surface area contributed by atoms with Gasteiger partial charge < -0.3 is 15.4 Å². The van der Waals surface area contributed by atoms with Crippen molar-refractivity contribution in [3.8, 4) is 5.75 Å². The molecule has 0 aliphatic heterocycles. The van der Waals surface area contributed by atoms with E-state index in [1.807, 2.05) is 6.92 Å². The van der Waals surface area contributed by atoms with Crippen LogP contribution < -0.4 is 15.4 Å². The average Bonchev–Trinajstić information content (AvgIpc) is 3.07. The van der Waals surface area contributed by atoms with Crippen molar-refractivity contribution < 1.29 is 18.7 Å². The Hall–Kier alpha value is -3.75. The first kappa shape index (κ1) is 21.0. The van der Waals surface area contributed by atoms with Crippen LogP contribution in [0.4, 0.5) is 15.8 Å². The van der Waals surface area contributed by atoms with Crippen LogP contribution in [0.1, 0.15) is 28.7 Å². The molecule has 0 atom stereocenters. The first-order chi connectivity index (χ1) is 14.4. The zero-order valence-electron chi connectivity index (χ0n) is 16.9. The molecule has 3 rings (SSSR count). The largest absolute Gasteiger partial charge is 0.494 e. The molecule has 0 aliphatic rings. The second kappa shape index (κ2) is 9.17. The van der Waals surface area contributed by atoms with Gasteiger partial charge in [-0.05, 0) is 62.7 Å². The lowest BCUT2D eigenvalue weighted by Gasteiger charge is -2.09. The van der Waals surface area contributed by atoms with E-state index in [0.29, 0.717) is 35.0 Å². The third kappa shape index (κ3) is 4.99. The summed E-state index contributed by atoms with van der Waals surface area (Å²) in [6, 6.07) is 11.1. The quantitative estimate of drug-likeness (QED) is 0.622. The molecule has 0 bridgehead atoms. The summed E-state index contributed by atoms with van der Waals surface area (Å²) < 4.78 is 20.1. The van der Waals surface area contributed by atoms with Crippen LogP contribution in [0, 0.1) is 19.7 Å². The molecule has 2 aromatic carbocycles. The zero-order valence-corrected chi connectivity index (χ0v) is 16.9. The van der Waals surface area contributed by atoms with Crippen LogP contribution in [0.15, 0.2) is 42.5 Å². The van der Waals surface area contributed by atoms with Crippen molar-refractivity contribution in [1.82, 2.24) is 15.0 Å². The molecule has 0 unspecified atom stereocenters. The Balaban J connectivity index is 1.65. The highest BCUT2D eigenvalue weighted by Crippen LogP contribution is 2.18. The van der Waals surface area contributed by atoms with Gasteiger partial charge in [0.05, 0.1) is 12.3 Å². The number of nitrogens with zero attached hydrogens (tertiary/aromatic N) is 3. The maximum atomic E-state index is 13.4. The van der Waals surface area contributed by atoms with E-state index in [0.717, 1.165) is 0 Å². The van der Waals surface area contributed by atoms with Crippen molar-refractivity contribution >= 4 is 23.2 Å². The number of aryl methyl sites for hydroxylation is 1. The molecule has 30 heavy (non-hydrogen) atoms. The second-order valence-electron chi connectivity index (χ2n) is 6.60. The summed E-state index contributed by atoms with van der Waals surface area (Å²) in [6.45, 7) is 5.73. The molecule has 0 saturated carbocycles. The topological polar surface area (TPSA) is 98.1 Å². The fourth-order valence-corrected chi connectivity index (χ4v) is 2.77. The van der Waals surface area contributed by atoms with Crippen LogP contribution in [-0.4, -0.2) is 33.4 Å². The lowest BCUT2D eigenvalue weighted by molar-refractivity contribution is -0.117. The maximum absolute atomic E-state index is 13.4. The number of amides is 2. The van der Waals surface area contributed by atoms with Gasteiger partial charge in [-0.25, -0.2) is 9.07 Å². The van der Waals surface area contributed by atoms with Crippen molar-refractivity contribution in [3.05, 3.63) is 65.2 Å². The molecule has 8 nitrogen and oxygen atoms in total. The number of anilines is 2. The molecular weight excluding hydrogens is 389 g/mol. The van der Waals surface area contributed by atoms with Gasteiger partial charge in [-0.15, -0.1) is 5.10 Å². The zero-order chi connectivity index (χ0) is 21.7. The fraction of sp³-hybridized carbons (Fsp3) is 0.238. The average molecular weight is 411 g/mol. The van der Waals surface area contributed by atoms with E-state index < -0.39 is 11.7 Å². The molecule has 0 spiro atoms. The third-order valence-corrected chi connectivity index (χ3v) is 4.39. The monoisotopic (exact) mass is 411 g/mol. The Kier molecular flexibility index (Phi) is 6.41. The molecule has 2 N–H and O–H groups in total. The Morgan fingerprint density at radius 3 is 2.53 bits per heavy atom. The van der Waals surface area contributed by atoms with Gasteiger partial charge in [0.2, 0.25) is 5.91 Å². The number of ether oxygens (including phenoxy) is 1. The summed E-state index contributed by atoms with van der Waals surface area (Å²) in [7, 11) is 0. The highest BCUT2D eigenvalue weighted by Gasteiger charge is 2.19. The minimum atomic E-state index is -0.528. The minimum absolute atomic E-state index is 0.0625. The minimum Gasteiger partial charge on any atom is -0.494 e. The molecule has 156 valence electrons. The lowest BCUT2D eigenvalue weighted by atomic mass is 10.2. The number of hydrogen-bond acceptors (Lipinski definition) is 5. The smallest absolute Gasteiger partial charge is 0.278 e. The Morgan fingerprint density at radius 1 is 1.10 bits per heavy atom. The van der Waals surface area contributed by atoms with Gasteiger partial charge in [0.15, 0.2) is 5.69 Å². The van der Waals surface area contributed by atoms with E-state index >= 15 is 0 Å². The molecule has 9 heteroatoms. The molecule has 3 aromatic rings. The number of rotatable bonds is 7. The Morgan fingerprint density at radius 2 is 1.83 bits per heavy atom. The van der Waals surface area contributed by atoms with Gasteiger partial charge >= 0.3 is 0 Å². The SMILES string of the molecule is CCOc1ccc(NC(=O)Cn2nnc(C(=O)Nc3cc(F)ccc3C)c2C)cc1. The number of benzene rings is 2.